The van der Waals surface area contributed by atoms with Gasteiger partial charge in [-0.1, -0.05) is 127 Å². The average molecular weight is 797 g/mol. The van der Waals surface area contributed by atoms with Crippen molar-refractivity contribution in [1.29, 1.82) is 0 Å². The highest BCUT2D eigenvalue weighted by molar-refractivity contribution is 6.09. The second kappa shape index (κ2) is 14.6. The fourth-order valence-corrected chi connectivity index (χ4v) is 8.38. The smallest absolute Gasteiger partial charge is 0.137 e. The van der Waals surface area contributed by atoms with Crippen LogP contribution in [0.15, 0.2) is 115 Å². The third-order valence-corrected chi connectivity index (χ3v) is 12.3. The lowest BCUT2D eigenvalue weighted by Gasteiger charge is -2.26. The van der Waals surface area contributed by atoms with Crippen molar-refractivity contribution >= 4 is 44.6 Å². The van der Waals surface area contributed by atoms with E-state index >= 15 is 0 Å². The summed E-state index contributed by atoms with van der Waals surface area (Å²) < 4.78 is 9.29. The molecule has 2 aromatic heterocycles. The van der Waals surface area contributed by atoms with Gasteiger partial charge in [0.05, 0.1) is 22.4 Å². The van der Waals surface area contributed by atoms with Gasteiger partial charge in [-0.2, -0.15) is 0 Å². The molecule has 0 N–H and O–H groups in total. The van der Waals surface area contributed by atoms with Crippen LogP contribution in [0.1, 0.15) is 131 Å². The van der Waals surface area contributed by atoms with Crippen molar-refractivity contribution in [2.45, 2.75) is 125 Å². The lowest BCUT2D eigenvalue weighted by atomic mass is 9.86. The fourth-order valence-electron chi connectivity index (χ4n) is 8.38. The summed E-state index contributed by atoms with van der Waals surface area (Å²) in [6, 6.07) is 40.7. The van der Waals surface area contributed by atoms with Crippen LogP contribution in [0.4, 0.5) is 22.7 Å². The minimum atomic E-state index is -0.0152. The van der Waals surface area contributed by atoms with E-state index in [1.165, 1.54) is 55.7 Å². The van der Waals surface area contributed by atoms with E-state index in [0.29, 0.717) is 12.6 Å². The van der Waals surface area contributed by atoms with Gasteiger partial charge in [-0.15, -0.1) is 0 Å². The molecule has 310 valence electrons. The van der Waals surface area contributed by atoms with Gasteiger partial charge in [0.25, 0.3) is 0 Å². The maximum absolute atomic E-state index is 6.96. The molecular weight excluding hydrogens is 733 g/mol. The van der Waals surface area contributed by atoms with Crippen molar-refractivity contribution in [3.8, 4) is 17.3 Å². The van der Waals surface area contributed by atoms with E-state index < -0.39 is 0 Å². The molecule has 5 aromatic carbocycles. The van der Waals surface area contributed by atoms with Gasteiger partial charge < -0.3 is 14.5 Å². The van der Waals surface area contributed by atoms with Crippen LogP contribution in [0, 0.1) is 0 Å². The summed E-state index contributed by atoms with van der Waals surface area (Å²) in [6.45, 7) is 32.5. The molecule has 3 heterocycles. The van der Waals surface area contributed by atoms with E-state index in [2.05, 4.69) is 220 Å². The Morgan fingerprint density at radius 3 is 1.75 bits per heavy atom. The van der Waals surface area contributed by atoms with Crippen molar-refractivity contribution in [1.82, 2.24) is 9.55 Å². The van der Waals surface area contributed by atoms with Crippen molar-refractivity contribution in [3.63, 3.8) is 0 Å². The van der Waals surface area contributed by atoms with Gasteiger partial charge in [-0.05, 0) is 122 Å². The number of aromatic nitrogens is 2. The number of fused-ring (bicyclic) bond motifs is 4. The molecule has 8 rings (SSSR count). The Balaban J connectivity index is 1.24. The fraction of sp³-hybridized carbons (Fsp3) is 0.364. The summed E-state index contributed by atoms with van der Waals surface area (Å²) in [5.41, 5.74) is 13.4. The molecule has 0 radical (unpaired) electrons. The van der Waals surface area contributed by atoms with Gasteiger partial charge >= 0.3 is 0 Å². The summed E-state index contributed by atoms with van der Waals surface area (Å²) in [5, 5.41) is 2.38. The van der Waals surface area contributed by atoms with Crippen LogP contribution in [-0.4, -0.2) is 16.2 Å². The summed E-state index contributed by atoms with van der Waals surface area (Å²) in [5.74, 6) is 2.83. The van der Waals surface area contributed by atoms with Crippen LogP contribution < -0.4 is 14.5 Å². The number of nitrogens with zero attached hydrogens (tertiary/aromatic N) is 4. The van der Waals surface area contributed by atoms with Crippen LogP contribution in [0.5, 0.6) is 11.5 Å². The van der Waals surface area contributed by atoms with Crippen LogP contribution in [-0.2, 0) is 21.7 Å². The Morgan fingerprint density at radius 1 is 0.500 bits per heavy atom. The largest absolute Gasteiger partial charge is 0.457 e. The predicted molar refractivity (Wildman–Crippen MR) is 256 cm³/mol. The van der Waals surface area contributed by atoms with Gasteiger partial charge in [0, 0.05) is 40.5 Å². The van der Waals surface area contributed by atoms with Gasteiger partial charge in [-0.3, -0.25) is 4.57 Å². The molecule has 5 nitrogen and oxygen atoms in total. The molecule has 5 heteroatoms. The van der Waals surface area contributed by atoms with Gasteiger partial charge in [-0.25, -0.2) is 4.98 Å². The lowest BCUT2D eigenvalue weighted by Crippen LogP contribution is -2.24. The number of rotatable bonds is 6. The standard InChI is InChI=1S/C55H64N4O/c1-35(2)36-26-42(58-34-57(41-17-15-16-37(28-41)52(3,4)5)50-30-39(54(9,10)11)19-23-47(50)58)32-44(27-36)60-43-20-22-46-45-21-18-38(53(6,7)8)29-48(45)59(49(46)33-43)51-31-40(24-25-56-51)55(12,13)14/h15-33,35H,34H2,1-14H3. The lowest BCUT2D eigenvalue weighted by molar-refractivity contribution is 0.482. The average Bonchev–Trinajstić information content (AvgIpc) is 3.72. The minimum Gasteiger partial charge on any atom is -0.457 e. The van der Waals surface area contributed by atoms with E-state index in [4.69, 9.17) is 9.72 Å². The number of ether oxygens (including phenoxy) is 1. The van der Waals surface area contributed by atoms with Crippen molar-refractivity contribution in [3.05, 3.63) is 143 Å². The molecule has 0 amide bonds. The predicted octanol–water partition coefficient (Wildman–Crippen LogP) is 15.5. The summed E-state index contributed by atoms with van der Waals surface area (Å²) in [4.78, 5) is 9.91. The van der Waals surface area contributed by atoms with Gasteiger partial charge in [0.2, 0.25) is 0 Å². The highest BCUT2D eigenvalue weighted by Crippen LogP contribution is 2.48. The first-order valence-electron chi connectivity index (χ1n) is 21.7. The van der Waals surface area contributed by atoms with Gasteiger partial charge in [0.15, 0.2) is 0 Å². The number of pyridine rings is 1. The first kappa shape index (κ1) is 41.2. The maximum Gasteiger partial charge on any atom is 0.137 e. The molecule has 0 spiro atoms. The minimum absolute atomic E-state index is 0.00179. The van der Waals surface area contributed by atoms with Crippen molar-refractivity contribution in [2.24, 2.45) is 0 Å². The summed E-state index contributed by atoms with van der Waals surface area (Å²) in [7, 11) is 0. The Bertz CT molecular complexity index is 2740. The molecule has 0 bridgehead atoms. The molecule has 0 atom stereocenters. The topological polar surface area (TPSA) is 33.5 Å². The molecule has 60 heavy (non-hydrogen) atoms. The summed E-state index contributed by atoms with van der Waals surface area (Å²) >= 11 is 0. The molecular formula is C55H64N4O. The quantitative estimate of drug-likeness (QED) is 0.168. The zero-order valence-corrected chi connectivity index (χ0v) is 38.5. The zero-order valence-electron chi connectivity index (χ0n) is 38.5. The van der Waals surface area contributed by atoms with E-state index in [-0.39, 0.29) is 21.7 Å². The van der Waals surface area contributed by atoms with E-state index in [0.717, 1.165) is 34.0 Å². The molecule has 0 unspecified atom stereocenters. The SMILES string of the molecule is CC(C)c1cc(Oc2ccc3c4ccc(C(C)(C)C)cc4n(-c4cc(C(C)(C)C)ccn4)c3c2)cc(N2CN(c3cccc(C(C)(C)C)c3)c3cc(C(C)(C)C)ccc32)c1. The number of anilines is 4. The monoisotopic (exact) mass is 797 g/mol. The summed E-state index contributed by atoms with van der Waals surface area (Å²) in [6.07, 6.45) is 1.95. The van der Waals surface area contributed by atoms with Crippen LogP contribution >= 0.6 is 0 Å². The van der Waals surface area contributed by atoms with Crippen molar-refractivity contribution in [2.75, 3.05) is 16.5 Å². The number of hydrogen-bond acceptors (Lipinski definition) is 4. The second-order valence-electron chi connectivity index (χ2n) is 21.4. The van der Waals surface area contributed by atoms with E-state index in [9.17, 15) is 0 Å². The molecule has 1 aliphatic rings. The van der Waals surface area contributed by atoms with Crippen molar-refractivity contribution < 1.29 is 4.74 Å². The first-order chi connectivity index (χ1) is 28.1. The highest BCUT2D eigenvalue weighted by atomic mass is 16.5. The van der Waals surface area contributed by atoms with Gasteiger partial charge in [0.1, 0.15) is 24.0 Å². The Hall–Kier alpha value is -5.55. The van der Waals surface area contributed by atoms with E-state index in [1.807, 2.05) is 6.20 Å². The Morgan fingerprint density at radius 2 is 1.08 bits per heavy atom. The molecule has 7 aromatic rings. The Kier molecular flexibility index (Phi) is 10.0. The molecule has 0 fully saturated rings. The van der Waals surface area contributed by atoms with E-state index in [1.54, 1.807) is 0 Å². The number of hydrogen-bond donors (Lipinski definition) is 0. The highest BCUT2D eigenvalue weighted by Gasteiger charge is 2.31. The van der Waals surface area contributed by atoms with Crippen LogP contribution in [0.25, 0.3) is 27.6 Å². The third kappa shape index (κ3) is 7.80. The Labute approximate surface area is 359 Å². The molecule has 1 aliphatic heterocycles. The molecule has 0 saturated carbocycles. The number of benzene rings is 5. The molecule has 0 aliphatic carbocycles. The second-order valence-corrected chi connectivity index (χ2v) is 21.4. The third-order valence-electron chi connectivity index (χ3n) is 12.3. The van der Waals surface area contributed by atoms with Crippen LogP contribution in [0.3, 0.4) is 0 Å². The first-order valence-corrected chi connectivity index (χ1v) is 21.7. The zero-order chi connectivity index (χ0) is 43.1. The van der Waals surface area contributed by atoms with Crippen LogP contribution in [0.2, 0.25) is 0 Å². The normalized spacial score (nSPS) is 13.8. The maximum atomic E-state index is 6.96. The molecule has 0 saturated heterocycles.